The molecule has 0 fully saturated rings. The Morgan fingerprint density at radius 1 is 0.400 bits per heavy atom. The summed E-state index contributed by atoms with van der Waals surface area (Å²) in [7, 11) is 0. The van der Waals surface area contributed by atoms with Crippen molar-refractivity contribution in [2.45, 2.75) is 19.3 Å². The molecule has 0 N–H and O–H groups in total. The van der Waals surface area contributed by atoms with Crippen molar-refractivity contribution in [2.24, 2.45) is 0 Å². The van der Waals surface area contributed by atoms with Gasteiger partial charge in [0.05, 0.1) is 27.8 Å². The third-order valence-electron chi connectivity index (χ3n) is 10.3. The van der Waals surface area contributed by atoms with Crippen LogP contribution in [0, 0.1) is 0 Å². The average molecular weight is 575 g/mol. The second-order valence-electron chi connectivity index (χ2n) is 13.0. The van der Waals surface area contributed by atoms with Crippen LogP contribution in [0.3, 0.4) is 0 Å². The largest absolute Gasteiger partial charge is 0.309 e. The highest BCUT2D eigenvalue weighted by Crippen LogP contribution is 2.51. The van der Waals surface area contributed by atoms with E-state index < -0.39 is 0 Å². The molecule has 0 saturated heterocycles. The average Bonchev–Trinajstić information content (AvgIpc) is 3.67. The lowest BCUT2D eigenvalue weighted by Gasteiger charge is -2.21. The Hall–Kier alpha value is -5.60. The van der Waals surface area contributed by atoms with Crippen LogP contribution in [0.1, 0.15) is 25.0 Å². The molecular formula is C43H30N2. The van der Waals surface area contributed by atoms with Gasteiger partial charge in [0, 0.05) is 38.0 Å². The number of nitrogens with zero attached hydrogens (tertiary/aromatic N) is 2. The van der Waals surface area contributed by atoms with Gasteiger partial charge in [-0.2, -0.15) is 0 Å². The molecule has 10 rings (SSSR count). The molecule has 2 heterocycles. The third kappa shape index (κ3) is 3.24. The van der Waals surface area contributed by atoms with Crippen LogP contribution in [0.15, 0.2) is 146 Å². The van der Waals surface area contributed by atoms with E-state index in [1.807, 2.05) is 0 Å². The molecule has 212 valence electrons. The van der Waals surface area contributed by atoms with E-state index in [2.05, 4.69) is 169 Å². The first kappa shape index (κ1) is 24.8. The molecule has 0 bridgehead atoms. The summed E-state index contributed by atoms with van der Waals surface area (Å²) in [6, 6.07) is 53.9. The van der Waals surface area contributed by atoms with Gasteiger partial charge in [0.15, 0.2) is 0 Å². The van der Waals surface area contributed by atoms with Gasteiger partial charge in [-0.25, -0.2) is 0 Å². The summed E-state index contributed by atoms with van der Waals surface area (Å²) < 4.78 is 4.92. The zero-order valence-corrected chi connectivity index (χ0v) is 25.3. The predicted octanol–water partition coefficient (Wildman–Crippen LogP) is 11.3. The molecule has 2 nitrogen and oxygen atoms in total. The molecule has 7 aromatic carbocycles. The molecule has 2 aromatic heterocycles. The van der Waals surface area contributed by atoms with Crippen molar-refractivity contribution in [3.8, 4) is 22.5 Å². The van der Waals surface area contributed by atoms with Crippen molar-refractivity contribution in [2.75, 3.05) is 0 Å². The van der Waals surface area contributed by atoms with Crippen LogP contribution < -0.4 is 0 Å². The number of aromatic nitrogens is 2. The minimum atomic E-state index is -0.0583. The first-order valence-corrected chi connectivity index (χ1v) is 15.8. The molecule has 0 unspecified atom stereocenters. The highest BCUT2D eigenvalue weighted by molar-refractivity contribution is 6.14. The van der Waals surface area contributed by atoms with E-state index in [-0.39, 0.29) is 5.41 Å². The normalized spacial score (nSPS) is 13.7. The molecule has 0 amide bonds. The van der Waals surface area contributed by atoms with Gasteiger partial charge in [0.25, 0.3) is 0 Å². The maximum Gasteiger partial charge on any atom is 0.0544 e. The fourth-order valence-electron chi connectivity index (χ4n) is 8.20. The quantitative estimate of drug-likeness (QED) is 0.194. The Balaban J connectivity index is 1.28. The minimum absolute atomic E-state index is 0.0583. The van der Waals surface area contributed by atoms with Crippen LogP contribution in [-0.2, 0) is 5.41 Å². The lowest BCUT2D eigenvalue weighted by atomic mass is 9.82. The Bertz CT molecular complexity index is 2680. The number of hydrogen-bond donors (Lipinski definition) is 0. The molecule has 2 heteroatoms. The zero-order valence-electron chi connectivity index (χ0n) is 25.3. The Morgan fingerprint density at radius 2 is 1.02 bits per heavy atom. The predicted molar refractivity (Wildman–Crippen MR) is 190 cm³/mol. The Morgan fingerprint density at radius 3 is 1.84 bits per heavy atom. The van der Waals surface area contributed by atoms with Crippen LogP contribution >= 0.6 is 0 Å². The lowest BCUT2D eigenvalue weighted by molar-refractivity contribution is 0.661. The van der Waals surface area contributed by atoms with Gasteiger partial charge in [0.1, 0.15) is 0 Å². The molecule has 1 aliphatic rings. The molecule has 0 aliphatic heterocycles. The van der Waals surface area contributed by atoms with Gasteiger partial charge in [-0.3, -0.25) is 0 Å². The fraction of sp³-hybridized carbons (Fsp3) is 0.0698. The van der Waals surface area contributed by atoms with Gasteiger partial charge in [-0.1, -0.05) is 111 Å². The van der Waals surface area contributed by atoms with Crippen molar-refractivity contribution in [3.05, 3.63) is 157 Å². The highest BCUT2D eigenvalue weighted by Gasteiger charge is 2.36. The smallest absolute Gasteiger partial charge is 0.0544 e. The Labute approximate surface area is 261 Å². The summed E-state index contributed by atoms with van der Waals surface area (Å²) in [5.41, 5.74) is 12.8. The molecule has 1 aliphatic carbocycles. The number of hydrogen-bond acceptors (Lipinski definition) is 0. The standard InChI is InChI=1S/C43H30N2/c1-43(2)36-18-8-5-15-30(36)33-25-35-32-17-6-9-19-39(32)44(42(35)26-37(33)43)28-22-23-41-34(24-28)31-16-7-10-20-40(31)45(41)38-21-11-13-27-12-3-4-14-29(27)38/h3-26H,1-2H3. The fourth-order valence-corrected chi connectivity index (χ4v) is 8.20. The zero-order chi connectivity index (χ0) is 29.9. The van der Waals surface area contributed by atoms with Crippen molar-refractivity contribution >= 4 is 54.4 Å². The second kappa shape index (κ2) is 8.74. The van der Waals surface area contributed by atoms with Crippen LogP contribution in [0.4, 0.5) is 0 Å². The topological polar surface area (TPSA) is 9.86 Å². The monoisotopic (exact) mass is 574 g/mol. The summed E-state index contributed by atoms with van der Waals surface area (Å²) >= 11 is 0. The summed E-state index contributed by atoms with van der Waals surface area (Å²) in [6.07, 6.45) is 0. The van der Waals surface area contributed by atoms with E-state index >= 15 is 0 Å². The lowest BCUT2D eigenvalue weighted by Crippen LogP contribution is -2.14. The van der Waals surface area contributed by atoms with Crippen molar-refractivity contribution < 1.29 is 0 Å². The molecule has 0 saturated carbocycles. The van der Waals surface area contributed by atoms with Gasteiger partial charge >= 0.3 is 0 Å². The summed E-state index contributed by atoms with van der Waals surface area (Å²) in [5, 5.41) is 7.62. The van der Waals surface area contributed by atoms with Gasteiger partial charge in [0.2, 0.25) is 0 Å². The first-order chi connectivity index (χ1) is 22.1. The molecule has 0 spiro atoms. The third-order valence-corrected chi connectivity index (χ3v) is 10.3. The number of rotatable bonds is 2. The summed E-state index contributed by atoms with van der Waals surface area (Å²) in [6.45, 7) is 4.73. The van der Waals surface area contributed by atoms with E-state index in [1.165, 1.54) is 88.0 Å². The maximum atomic E-state index is 2.48. The SMILES string of the molecule is CC1(C)c2ccccc2-c2cc3c4ccccc4n(-c4ccc5c(c4)c4ccccc4n5-c4cccc5ccccc45)c3cc21. The molecule has 45 heavy (non-hydrogen) atoms. The van der Waals surface area contributed by atoms with Crippen LogP contribution in [0.5, 0.6) is 0 Å². The minimum Gasteiger partial charge on any atom is -0.309 e. The van der Waals surface area contributed by atoms with Gasteiger partial charge in [-0.15, -0.1) is 0 Å². The van der Waals surface area contributed by atoms with Crippen LogP contribution in [-0.4, -0.2) is 9.13 Å². The number of fused-ring (bicyclic) bond motifs is 10. The van der Waals surface area contributed by atoms with E-state index in [9.17, 15) is 0 Å². The van der Waals surface area contributed by atoms with Crippen LogP contribution in [0.25, 0.3) is 76.9 Å². The molecule has 0 atom stereocenters. The number of benzene rings is 7. The molecular weight excluding hydrogens is 544 g/mol. The highest BCUT2D eigenvalue weighted by atomic mass is 15.0. The second-order valence-corrected chi connectivity index (χ2v) is 13.0. The van der Waals surface area contributed by atoms with Crippen molar-refractivity contribution in [3.63, 3.8) is 0 Å². The Kier molecular flexibility index (Phi) is 4.82. The summed E-state index contributed by atoms with van der Waals surface area (Å²) in [4.78, 5) is 0. The van der Waals surface area contributed by atoms with E-state index in [1.54, 1.807) is 0 Å². The van der Waals surface area contributed by atoms with Gasteiger partial charge in [-0.05, 0) is 76.2 Å². The van der Waals surface area contributed by atoms with Crippen molar-refractivity contribution in [1.29, 1.82) is 0 Å². The maximum absolute atomic E-state index is 2.48. The van der Waals surface area contributed by atoms with E-state index in [0.717, 1.165) is 0 Å². The molecule has 0 radical (unpaired) electrons. The first-order valence-electron chi connectivity index (χ1n) is 15.8. The summed E-state index contributed by atoms with van der Waals surface area (Å²) in [5.74, 6) is 0. The van der Waals surface area contributed by atoms with E-state index in [4.69, 9.17) is 0 Å². The molecule has 9 aromatic rings. The van der Waals surface area contributed by atoms with E-state index in [0.29, 0.717) is 0 Å². The van der Waals surface area contributed by atoms with Gasteiger partial charge < -0.3 is 9.13 Å². The number of para-hydroxylation sites is 2. The van der Waals surface area contributed by atoms with Crippen molar-refractivity contribution in [1.82, 2.24) is 9.13 Å². The van der Waals surface area contributed by atoms with Crippen LogP contribution in [0.2, 0.25) is 0 Å².